The minimum absolute atomic E-state index is 0.0483. The summed E-state index contributed by atoms with van der Waals surface area (Å²) in [4.78, 5) is 14.3. The third-order valence-electron chi connectivity index (χ3n) is 3.57. The van der Waals surface area contributed by atoms with Crippen molar-refractivity contribution in [3.63, 3.8) is 0 Å². The molecule has 2 heterocycles. The molecule has 0 radical (unpaired) electrons. The SMILES string of the molecule is Cn1ncc2[nH]c(C(=O)O)c(-c3ccc(CS(C)(=O)=O)cc3)c21. The van der Waals surface area contributed by atoms with Crippen LogP contribution >= 0.6 is 0 Å². The van der Waals surface area contributed by atoms with Crippen LogP contribution in [0.15, 0.2) is 30.5 Å². The number of nitrogens with zero attached hydrogens (tertiary/aromatic N) is 2. The molecule has 3 rings (SSSR count). The predicted octanol–water partition coefficient (Wildman–Crippen LogP) is 1.81. The molecule has 0 aliphatic heterocycles. The van der Waals surface area contributed by atoms with Gasteiger partial charge in [0.05, 0.1) is 23.0 Å². The number of aromatic nitrogens is 3. The van der Waals surface area contributed by atoms with Gasteiger partial charge in [-0.3, -0.25) is 4.68 Å². The van der Waals surface area contributed by atoms with Gasteiger partial charge in [0.15, 0.2) is 9.84 Å². The summed E-state index contributed by atoms with van der Waals surface area (Å²) in [6, 6.07) is 6.83. The number of nitrogens with one attached hydrogen (secondary N) is 1. The Morgan fingerprint density at radius 3 is 2.52 bits per heavy atom. The first kappa shape index (κ1) is 15.3. The highest BCUT2D eigenvalue weighted by Gasteiger charge is 2.21. The van der Waals surface area contributed by atoms with E-state index in [4.69, 9.17) is 0 Å². The summed E-state index contributed by atoms with van der Waals surface area (Å²) < 4.78 is 24.3. The molecule has 0 saturated carbocycles. The molecule has 23 heavy (non-hydrogen) atoms. The largest absolute Gasteiger partial charge is 0.477 e. The Morgan fingerprint density at radius 2 is 1.96 bits per heavy atom. The van der Waals surface area contributed by atoms with Gasteiger partial charge in [-0.05, 0) is 11.1 Å². The molecule has 7 nitrogen and oxygen atoms in total. The van der Waals surface area contributed by atoms with Crippen LogP contribution in [0.4, 0.5) is 0 Å². The van der Waals surface area contributed by atoms with Gasteiger partial charge in [-0.15, -0.1) is 0 Å². The minimum Gasteiger partial charge on any atom is -0.477 e. The van der Waals surface area contributed by atoms with Gasteiger partial charge in [0, 0.05) is 18.9 Å². The fourth-order valence-corrected chi connectivity index (χ4v) is 3.45. The van der Waals surface area contributed by atoms with E-state index in [2.05, 4.69) is 10.1 Å². The highest BCUT2D eigenvalue weighted by atomic mass is 32.2. The van der Waals surface area contributed by atoms with Crippen molar-refractivity contribution >= 4 is 26.8 Å². The summed E-state index contributed by atoms with van der Waals surface area (Å²) in [6.07, 6.45) is 2.75. The molecular formula is C15H15N3O4S. The first-order valence-corrected chi connectivity index (χ1v) is 8.86. The smallest absolute Gasteiger partial charge is 0.353 e. The van der Waals surface area contributed by atoms with Crippen LogP contribution < -0.4 is 0 Å². The lowest BCUT2D eigenvalue weighted by Gasteiger charge is -2.05. The highest BCUT2D eigenvalue weighted by Crippen LogP contribution is 2.32. The molecule has 1 aromatic carbocycles. The summed E-state index contributed by atoms with van der Waals surface area (Å²) in [5, 5.41) is 13.5. The molecule has 2 aromatic heterocycles. The minimum atomic E-state index is -3.11. The standard InChI is InChI=1S/C15H15N3O4S/c1-18-14-11(7-16-18)17-13(15(19)20)12(14)10-5-3-9(4-6-10)8-23(2,21)22/h3-7,17H,8H2,1-2H3,(H,19,20). The molecule has 0 unspecified atom stereocenters. The van der Waals surface area contributed by atoms with Crippen LogP contribution in [0.2, 0.25) is 0 Å². The molecule has 0 aliphatic carbocycles. The monoisotopic (exact) mass is 333 g/mol. The van der Waals surface area contributed by atoms with Crippen molar-refractivity contribution in [1.82, 2.24) is 14.8 Å². The third kappa shape index (κ3) is 2.85. The van der Waals surface area contributed by atoms with E-state index in [1.807, 2.05) is 0 Å². The van der Waals surface area contributed by atoms with Gasteiger partial charge in [-0.25, -0.2) is 13.2 Å². The lowest BCUT2D eigenvalue weighted by atomic mass is 10.0. The zero-order chi connectivity index (χ0) is 16.8. The van der Waals surface area contributed by atoms with Crippen molar-refractivity contribution in [1.29, 1.82) is 0 Å². The van der Waals surface area contributed by atoms with Gasteiger partial charge in [0.2, 0.25) is 0 Å². The van der Waals surface area contributed by atoms with Gasteiger partial charge in [0.1, 0.15) is 5.69 Å². The van der Waals surface area contributed by atoms with E-state index >= 15 is 0 Å². The second-order valence-electron chi connectivity index (χ2n) is 5.48. The van der Waals surface area contributed by atoms with Gasteiger partial charge in [-0.1, -0.05) is 24.3 Å². The number of aromatic carboxylic acids is 1. The van der Waals surface area contributed by atoms with Crippen LogP contribution in [0, 0.1) is 0 Å². The summed E-state index contributed by atoms with van der Waals surface area (Å²) in [7, 11) is -1.37. The molecule has 0 aliphatic rings. The number of hydrogen-bond donors (Lipinski definition) is 2. The summed E-state index contributed by atoms with van der Waals surface area (Å²) in [5.74, 6) is -1.11. The Morgan fingerprint density at radius 1 is 1.30 bits per heavy atom. The highest BCUT2D eigenvalue weighted by molar-refractivity contribution is 7.89. The van der Waals surface area contributed by atoms with E-state index in [0.29, 0.717) is 27.7 Å². The van der Waals surface area contributed by atoms with Gasteiger partial charge >= 0.3 is 5.97 Å². The number of H-pyrrole nitrogens is 1. The summed E-state index contributed by atoms with van der Waals surface area (Å²) in [5.41, 5.74) is 3.31. The van der Waals surface area contributed by atoms with E-state index < -0.39 is 15.8 Å². The molecule has 0 atom stereocenters. The second kappa shape index (κ2) is 5.24. The van der Waals surface area contributed by atoms with E-state index in [1.165, 1.54) is 6.26 Å². The first-order valence-electron chi connectivity index (χ1n) is 6.80. The van der Waals surface area contributed by atoms with E-state index in [-0.39, 0.29) is 11.4 Å². The Bertz CT molecular complexity index is 997. The summed E-state index contributed by atoms with van der Waals surface area (Å²) in [6.45, 7) is 0. The molecule has 0 spiro atoms. The Balaban J connectivity index is 2.14. The number of benzene rings is 1. The number of carboxylic acid groups (broad SMARTS) is 1. The Hall–Kier alpha value is -2.61. The van der Waals surface area contributed by atoms with Crippen LogP contribution in [-0.2, 0) is 22.6 Å². The maximum Gasteiger partial charge on any atom is 0.353 e. The second-order valence-corrected chi connectivity index (χ2v) is 7.62. The quantitative estimate of drug-likeness (QED) is 0.757. The van der Waals surface area contributed by atoms with Crippen molar-refractivity contribution in [3.8, 4) is 11.1 Å². The van der Waals surface area contributed by atoms with Crippen LogP contribution in [0.5, 0.6) is 0 Å². The number of carboxylic acids is 1. The fraction of sp³-hybridized carbons (Fsp3) is 0.200. The van der Waals surface area contributed by atoms with Crippen LogP contribution in [0.3, 0.4) is 0 Å². The van der Waals surface area contributed by atoms with Gasteiger partial charge in [0.25, 0.3) is 0 Å². The molecule has 2 N–H and O–H groups in total. The molecule has 0 saturated heterocycles. The number of aromatic amines is 1. The molecule has 0 bridgehead atoms. The lowest BCUT2D eigenvalue weighted by Crippen LogP contribution is -2.02. The van der Waals surface area contributed by atoms with Crippen LogP contribution in [0.25, 0.3) is 22.2 Å². The number of rotatable bonds is 4. The molecule has 0 fully saturated rings. The molecular weight excluding hydrogens is 318 g/mol. The van der Waals surface area contributed by atoms with Crippen molar-refractivity contribution in [2.45, 2.75) is 5.75 Å². The topological polar surface area (TPSA) is 105 Å². The van der Waals surface area contributed by atoms with Crippen LogP contribution in [-0.4, -0.2) is 40.5 Å². The zero-order valence-corrected chi connectivity index (χ0v) is 13.4. The maximum atomic E-state index is 11.5. The van der Waals surface area contributed by atoms with Crippen molar-refractivity contribution in [2.24, 2.45) is 7.05 Å². The van der Waals surface area contributed by atoms with Gasteiger partial charge in [-0.2, -0.15) is 5.10 Å². The van der Waals surface area contributed by atoms with Gasteiger partial charge < -0.3 is 10.1 Å². The molecule has 0 amide bonds. The van der Waals surface area contributed by atoms with E-state index in [0.717, 1.165) is 0 Å². The Kier molecular flexibility index (Phi) is 3.48. The number of hydrogen-bond acceptors (Lipinski definition) is 4. The molecule has 120 valence electrons. The van der Waals surface area contributed by atoms with Crippen molar-refractivity contribution < 1.29 is 18.3 Å². The fourth-order valence-electron chi connectivity index (χ4n) is 2.65. The molecule has 8 heteroatoms. The Labute approximate surface area is 132 Å². The average Bonchev–Trinajstić information content (AvgIpc) is 2.99. The normalized spacial score (nSPS) is 11.9. The van der Waals surface area contributed by atoms with E-state index in [1.54, 1.807) is 42.2 Å². The predicted molar refractivity (Wildman–Crippen MR) is 86.0 cm³/mol. The van der Waals surface area contributed by atoms with E-state index in [9.17, 15) is 18.3 Å². The average molecular weight is 333 g/mol. The molecule has 3 aromatic rings. The third-order valence-corrected chi connectivity index (χ3v) is 4.43. The first-order chi connectivity index (χ1) is 10.8. The maximum absolute atomic E-state index is 11.5. The number of carbonyl (C=O) groups is 1. The number of aryl methyl sites for hydroxylation is 1. The van der Waals surface area contributed by atoms with Crippen molar-refractivity contribution in [2.75, 3.05) is 6.26 Å². The van der Waals surface area contributed by atoms with Crippen molar-refractivity contribution in [3.05, 3.63) is 41.7 Å². The zero-order valence-electron chi connectivity index (χ0n) is 12.6. The summed E-state index contributed by atoms with van der Waals surface area (Å²) >= 11 is 0. The van der Waals surface area contributed by atoms with Crippen LogP contribution in [0.1, 0.15) is 16.1 Å². The lowest BCUT2D eigenvalue weighted by molar-refractivity contribution is 0.0692. The number of fused-ring (bicyclic) bond motifs is 1. The number of sulfone groups is 1.